The van der Waals surface area contributed by atoms with Gasteiger partial charge in [-0.05, 0) is 17.3 Å². The predicted octanol–water partition coefficient (Wildman–Crippen LogP) is 1.46. The SMILES string of the molecule is COc1c(F)ccc(NC=C(C#N)c2nn[nH]n2)c1F. The number of hydrogen-bond donors (Lipinski definition) is 2. The van der Waals surface area contributed by atoms with Crippen LogP contribution in [0.1, 0.15) is 5.82 Å². The number of tetrazole rings is 1. The monoisotopic (exact) mass is 278 g/mol. The maximum atomic E-state index is 13.8. The highest BCUT2D eigenvalue weighted by Crippen LogP contribution is 2.27. The van der Waals surface area contributed by atoms with Gasteiger partial charge in [-0.25, -0.2) is 8.78 Å². The largest absolute Gasteiger partial charge is 0.491 e. The van der Waals surface area contributed by atoms with E-state index < -0.39 is 17.4 Å². The van der Waals surface area contributed by atoms with E-state index in [2.05, 4.69) is 30.7 Å². The molecule has 0 aliphatic carbocycles. The Morgan fingerprint density at radius 1 is 1.50 bits per heavy atom. The normalized spacial score (nSPS) is 11.0. The van der Waals surface area contributed by atoms with Gasteiger partial charge in [-0.1, -0.05) is 0 Å². The van der Waals surface area contributed by atoms with E-state index in [0.717, 1.165) is 13.2 Å². The van der Waals surface area contributed by atoms with Crippen LogP contribution >= 0.6 is 0 Å². The van der Waals surface area contributed by atoms with Crippen molar-refractivity contribution in [2.45, 2.75) is 0 Å². The summed E-state index contributed by atoms with van der Waals surface area (Å²) in [5.41, 5.74) is -0.0269. The van der Waals surface area contributed by atoms with Crippen molar-refractivity contribution in [1.29, 1.82) is 5.26 Å². The molecule has 0 amide bonds. The lowest BCUT2D eigenvalue weighted by molar-refractivity contribution is 0.361. The fourth-order valence-corrected chi connectivity index (χ4v) is 1.40. The van der Waals surface area contributed by atoms with E-state index >= 15 is 0 Å². The molecule has 20 heavy (non-hydrogen) atoms. The van der Waals surface area contributed by atoms with E-state index in [-0.39, 0.29) is 17.1 Å². The number of allylic oxidation sites excluding steroid dienone is 1. The molecular weight excluding hydrogens is 270 g/mol. The van der Waals surface area contributed by atoms with Crippen molar-refractivity contribution in [3.8, 4) is 11.8 Å². The zero-order valence-corrected chi connectivity index (χ0v) is 10.2. The molecule has 9 heteroatoms. The number of nitrogens with zero attached hydrogens (tertiary/aromatic N) is 4. The van der Waals surface area contributed by atoms with Gasteiger partial charge in [0.15, 0.2) is 17.4 Å². The number of rotatable bonds is 4. The molecule has 0 unspecified atom stereocenters. The van der Waals surface area contributed by atoms with Crippen LogP contribution < -0.4 is 10.1 Å². The van der Waals surface area contributed by atoms with Gasteiger partial charge in [0.2, 0.25) is 5.82 Å². The molecule has 1 aromatic heterocycles. The van der Waals surface area contributed by atoms with E-state index in [9.17, 15) is 8.78 Å². The standard InChI is InChI=1S/C11H8F2N6O/c1-20-10-7(12)2-3-8(9(10)13)15-5-6(4-14)11-16-18-19-17-11/h2-3,5,15H,1H3,(H,16,17,18,19). The molecule has 0 fully saturated rings. The summed E-state index contributed by atoms with van der Waals surface area (Å²) in [5, 5.41) is 24.2. The minimum atomic E-state index is -0.908. The van der Waals surface area contributed by atoms with Crippen molar-refractivity contribution in [2.75, 3.05) is 12.4 Å². The van der Waals surface area contributed by atoms with Crippen molar-refractivity contribution in [3.05, 3.63) is 35.8 Å². The summed E-state index contributed by atoms with van der Waals surface area (Å²) >= 11 is 0. The Kier molecular flexibility index (Phi) is 3.85. The average molecular weight is 278 g/mol. The van der Waals surface area contributed by atoms with Crippen LogP contribution in [0.15, 0.2) is 18.3 Å². The smallest absolute Gasteiger partial charge is 0.216 e. The first-order valence-electron chi connectivity index (χ1n) is 5.30. The highest BCUT2D eigenvalue weighted by Gasteiger charge is 2.14. The second-order valence-corrected chi connectivity index (χ2v) is 3.49. The molecule has 0 spiro atoms. The van der Waals surface area contributed by atoms with Gasteiger partial charge in [-0.15, -0.1) is 10.2 Å². The van der Waals surface area contributed by atoms with E-state index in [4.69, 9.17) is 5.26 Å². The molecule has 102 valence electrons. The zero-order chi connectivity index (χ0) is 14.5. The molecular formula is C11H8F2N6O. The van der Waals surface area contributed by atoms with Crippen LogP contribution in [0.4, 0.5) is 14.5 Å². The lowest BCUT2D eigenvalue weighted by Gasteiger charge is -2.08. The highest BCUT2D eigenvalue weighted by molar-refractivity contribution is 5.74. The van der Waals surface area contributed by atoms with E-state index in [1.165, 1.54) is 12.3 Å². The molecule has 0 radical (unpaired) electrons. The fourth-order valence-electron chi connectivity index (χ4n) is 1.40. The Balaban J connectivity index is 2.29. The number of anilines is 1. The van der Waals surface area contributed by atoms with Crippen LogP contribution in [-0.4, -0.2) is 27.7 Å². The summed E-state index contributed by atoms with van der Waals surface area (Å²) in [6, 6.07) is 4.04. The van der Waals surface area contributed by atoms with Crippen molar-refractivity contribution in [3.63, 3.8) is 0 Å². The summed E-state index contributed by atoms with van der Waals surface area (Å²) in [5.74, 6) is -2.19. The number of H-pyrrole nitrogens is 1. The van der Waals surface area contributed by atoms with Gasteiger partial charge in [-0.3, -0.25) is 0 Å². The van der Waals surface area contributed by atoms with E-state index in [1.54, 1.807) is 0 Å². The Morgan fingerprint density at radius 3 is 2.90 bits per heavy atom. The van der Waals surface area contributed by atoms with Gasteiger partial charge in [0.25, 0.3) is 0 Å². The Labute approximate surface area is 111 Å². The molecule has 0 bridgehead atoms. The minimum Gasteiger partial charge on any atom is -0.491 e. The lowest BCUT2D eigenvalue weighted by Crippen LogP contribution is -1.99. The Morgan fingerprint density at radius 2 is 2.30 bits per heavy atom. The van der Waals surface area contributed by atoms with Gasteiger partial charge >= 0.3 is 0 Å². The minimum absolute atomic E-state index is 0.0291. The van der Waals surface area contributed by atoms with E-state index in [0.29, 0.717) is 0 Å². The van der Waals surface area contributed by atoms with Crippen LogP contribution in [0, 0.1) is 23.0 Å². The highest BCUT2D eigenvalue weighted by atomic mass is 19.1. The second kappa shape index (κ2) is 5.75. The maximum Gasteiger partial charge on any atom is 0.216 e. The van der Waals surface area contributed by atoms with Crippen LogP contribution in [0.5, 0.6) is 5.75 Å². The third-order valence-electron chi connectivity index (χ3n) is 2.33. The molecule has 0 saturated heterocycles. The molecule has 2 N–H and O–H groups in total. The van der Waals surface area contributed by atoms with Crippen molar-refractivity contribution in [2.24, 2.45) is 0 Å². The molecule has 1 heterocycles. The molecule has 0 aliphatic rings. The van der Waals surface area contributed by atoms with Gasteiger partial charge in [0.1, 0.15) is 11.6 Å². The molecule has 7 nitrogen and oxygen atoms in total. The van der Waals surface area contributed by atoms with Crippen molar-refractivity contribution >= 4 is 11.3 Å². The first-order chi connectivity index (χ1) is 9.67. The molecule has 2 aromatic rings. The third kappa shape index (κ3) is 2.54. The topological polar surface area (TPSA) is 99.5 Å². The summed E-state index contributed by atoms with van der Waals surface area (Å²) in [4.78, 5) is 0. The van der Waals surface area contributed by atoms with Crippen molar-refractivity contribution < 1.29 is 13.5 Å². The van der Waals surface area contributed by atoms with Gasteiger partial charge in [0.05, 0.1) is 12.8 Å². The number of aromatic amines is 1. The quantitative estimate of drug-likeness (QED) is 0.821. The molecule has 0 atom stereocenters. The molecule has 2 rings (SSSR count). The predicted molar refractivity (Wildman–Crippen MR) is 64.3 cm³/mol. The van der Waals surface area contributed by atoms with Crippen LogP contribution in [0.2, 0.25) is 0 Å². The number of benzene rings is 1. The van der Waals surface area contributed by atoms with Crippen LogP contribution in [-0.2, 0) is 0 Å². The van der Waals surface area contributed by atoms with Crippen molar-refractivity contribution in [1.82, 2.24) is 20.6 Å². The zero-order valence-electron chi connectivity index (χ0n) is 10.2. The third-order valence-corrected chi connectivity index (χ3v) is 2.33. The summed E-state index contributed by atoms with van der Waals surface area (Å²) in [6.45, 7) is 0. The average Bonchev–Trinajstić information content (AvgIpc) is 2.96. The molecule has 1 aromatic carbocycles. The first-order valence-corrected chi connectivity index (χ1v) is 5.30. The van der Waals surface area contributed by atoms with Crippen LogP contribution in [0.25, 0.3) is 5.57 Å². The summed E-state index contributed by atoms with van der Waals surface area (Å²) in [6.07, 6.45) is 1.18. The number of ether oxygens (including phenoxy) is 1. The van der Waals surface area contributed by atoms with Gasteiger partial charge in [-0.2, -0.15) is 10.5 Å². The van der Waals surface area contributed by atoms with Crippen LogP contribution in [0.3, 0.4) is 0 Å². The van der Waals surface area contributed by atoms with E-state index in [1.807, 2.05) is 6.07 Å². The maximum absolute atomic E-state index is 13.8. The Bertz CT molecular complexity index is 677. The Hall–Kier alpha value is -3.02. The number of hydrogen-bond acceptors (Lipinski definition) is 6. The molecule has 0 saturated carbocycles. The summed E-state index contributed by atoms with van der Waals surface area (Å²) in [7, 11) is 1.15. The van der Waals surface area contributed by atoms with Gasteiger partial charge in [0, 0.05) is 6.20 Å². The first kappa shape index (κ1) is 13.4. The summed E-state index contributed by atoms with van der Waals surface area (Å²) < 4.78 is 31.7. The number of methoxy groups -OCH3 is 1. The van der Waals surface area contributed by atoms with Gasteiger partial charge < -0.3 is 10.1 Å². The molecule has 0 aliphatic heterocycles. The number of nitrogens with one attached hydrogen (secondary N) is 2. The number of nitriles is 1. The lowest BCUT2D eigenvalue weighted by atomic mass is 10.2. The second-order valence-electron chi connectivity index (χ2n) is 3.49. The number of aromatic nitrogens is 4. The number of halogens is 2. The fraction of sp³-hybridized carbons (Fsp3) is 0.0909.